The van der Waals surface area contributed by atoms with Gasteiger partial charge in [-0.05, 0) is 88.0 Å². The fourth-order valence-corrected chi connectivity index (χ4v) is 4.32. The molecule has 34 heavy (non-hydrogen) atoms. The Hall–Kier alpha value is -3.52. The van der Waals surface area contributed by atoms with Crippen LogP contribution in [0.15, 0.2) is 54.9 Å². The molecule has 1 fully saturated rings. The number of ether oxygens (including phenoxy) is 1. The van der Waals surface area contributed by atoms with E-state index in [0.29, 0.717) is 28.4 Å². The molecule has 0 bridgehead atoms. The van der Waals surface area contributed by atoms with E-state index in [1.54, 1.807) is 24.5 Å². The molecule has 8 nitrogen and oxygen atoms in total. The molecule has 1 saturated carbocycles. The highest BCUT2D eigenvalue weighted by Crippen LogP contribution is 2.32. The summed E-state index contributed by atoms with van der Waals surface area (Å²) < 4.78 is 7.62. The van der Waals surface area contributed by atoms with Crippen molar-refractivity contribution in [1.82, 2.24) is 29.4 Å². The number of halogens is 1. The Bertz CT molecular complexity index is 1330. The molecule has 0 unspecified atom stereocenters. The van der Waals surface area contributed by atoms with E-state index in [2.05, 4.69) is 19.9 Å². The summed E-state index contributed by atoms with van der Waals surface area (Å²) in [7, 11) is 0. The number of rotatable bonds is 4. The van der Waals surface area contributed by atoms with E-state index < -0.39 is 0 Å². The number of fused-ring (bicyclic) bond motifs is 1. The largest absolute Gasteiger partial charge is 0.415 e. The molecular weight excluding hydrogens is 452 g/mol. The molecule has 0 N–H and O–H groups in total. The zero-order chi connectivity index (χ0) is 23.9. The van der Waals surface area contributed by atoms with Crippen molar-refractivity contribution >= 4 is 28.9 Å². The Morgan fingerprint density at radius 2 is 1.85 bits per heavy atom. The highest BCUT2D eigenvalue weighted by Gasteiger charge is 2.37. The molecule has 1 aliphatic rings. The summed E-state index contributed by atoms with van der Waals surface area (Å²) in [6.07, 6.45) is 6.14. The van der Waals surface area contributed by atoms with Gasteiger partial charge in [0.25, 0.3) is 0 Å². The lowest BCUT2D eigenvalue weighted by Crippen LogP contribution is -2.55. The van der Waals surface area contributed by atoms with Crippen LogP contribution in [0.5, 0.6) is 5.75 Å². The Morgan fingerprint density at radius 3 is 2.47 bits per heavy atom. The molecular formula is C25H25ClN6O2. The number of carbonyl (C=O) groups excluding carboxylic acids is 1. The number of carbonyl (C=O) groups is 1. The summed E-state index contributed by atoms with van der Waals surface area (Å²) in [5.41, 5.74) is 2.32. The van der Waals surface area contributed by atoms with Crippen LogP contribution in [-0.2, 0) is 0 Å². The number of pyridine rings is 1. The van der Waals surface area contributed by atoms with Crippen molar-refractivity contribution in [2.75, 3.05) is 0 Å². The summed E-state index contributed by atoms with van der Waals surface area (Å²) in [5.74, 6) is 1.08. The minimum atomic E-state index is -0.327. The molecule has 0 atom stereocenters. The molecule has 0 aliphatic heterocycles. The Morgan fingerprint density at radius 1 is 1.09 bits per heavy atom. The van der Waals surface area contributed by atoms with Crippen LogP contribution >= 0.6 is 11.6 Å². The Kier molecular flexibility index (Phi) is 5.69. The third kappa shape index (κ3) is 4.21. The zero-order valence-corrected chi connectivity index (χ0v) is 20.0. The summed E-state index contributed by atoms with van der Waals surface area (Å²) in [6.45, 7) is 6.10. The molecule has 1 aliphatic carbocycles. The quantitative estimate of drug-likeness (QED) is 0.352. The van der Waals surface area contributed by atoms with Gasteiger partial charge in [0, 0.05) is 23.5 Å². The molecule has 3 aromatic heterocycles. The number of imidazole rings is 1. The van der Waals surface area contributed by atoms with Crippen molar-refractivity contribution in [3.05, 3.63) is 60.1 Å². The van der Waals surface area contributed by atoms with Gasteiger partial charge < -0.3 is 9.64 Å². The molecule has 0 spiro atoms. The highest BCUT2D eigenvalue weighted by atomic mass is 35.5. The maximum absolute atomic E-state index is 13.0. The van der Waals surface area contributed by atoms with Crippen LogP contribution in [0.2, 0.25) is 5.28 Å². The summed E-state index contributed by atoms with van der Waals surface area (Å²) >= 11 is 6.08. The number of nitrogens with zero attached hydrogens (tertiary/aromatic N) is 6. The van der Waals surface area contributed by atoms with E-state index in [-0.39, 0.29) is 23.0 Å². The van der Waals surface area contributed by atoms with Crippen molar-refractivity contribution in [3.8, 4) is 23.0 Å². The molecule has 3 heterocycles. The minimum Gasteiger partial charge on any atom is -0.410 e. The molecule has 1 aromatic carbocycles. The van der Waals surface area contributed by atoms with Gasteiger partial charge in [0.2, 0.25) is 5.28 Å². The number of benzene rings is 1. The van der Waals surface area contributed by atoms with Crippen molar-refractivity contribution in [2.24, 2.45) is 0 Å². The standard InChI is InChI=1S/C25H25ClN6O2/c1-25(2,3)32(17-7-6-8-17)24(33)34-18-12-10-16(11-13-18)31-21(19-9-4-5-14-27-19)29-20-15-28-23(26)30-22(20)31/h4-5,9-15,17H,6-8H2,1-3H3. The predicted octanol–water partition coefficient (Wildman–Crippen LogP) is 5.68. The SMILES string of the molecule is CC(C)(C)N(C(=O)Oc1ccc(-n2c(-c3ccccn3)nc3cnc(Cl)nc32)cc1)C1CCC1. The van der Waals surface area contributed by atoms with Crippen LogP contribution in [0.1, 0.15) is 40.0 Å². The van der Waals surface area contributed by atoms with Crippen LogP contribution < -0.4 is 4.74 Å². The van der Waals surface area contributed by atoms with Crippen LogP contribution in [-0.4, -0.2) is 47.1 Å². The van der Waals surface area contributed by atoms with Gasteiger partial charge in [-0.3, -0.25) is 9.55 Å². The molecule has 5 rings (SSSR count). The van der Waals surface area contributed by atoms with Gasteiger partial charge in [-0.1, -0.05) is 6.07 Å². The van der Waals surface area contributed by atoms with E-state index in [4.69, 9.17) is 16.3 Å². The summed E-state index contributed by atoms with van der Waals surface area (Å²) in [5, 5.41) is 0.130. The molecule has 1 amide bonds. The van der Waals surface area contributed by atoms with Crippen molar-refractivity contribution in [3.63, 3.8) is 0 Å². The first-order chi connectivity index (χ1) is 16.3. The second-order valence-electron chi connectivity index (χ2n) is 9.32. The van der Waals surface area contributed by atoms with Crippen LogP contribution in [0, 0.1) is 0 Å². The molecule has 4 aromatic rings. The average Bonchev–Trinajstić information content (AvgIpc) is 3.15. The van der Waals surface area contributed by atoms with E-state index in [1.807, 2.05) is 60.6 Å². The second-order valence-corrected chi connectivity index (χ2v) is 9.66. The van der Waals surface area contributed by atoms with Gasteiger partial charge in [0.1, 0.15) is 17.0 Å². The first-order valence-corrected chi connectivity index (χ1v) is 11.6. The number of aromatic nitrogens is 5. The van der Waals surface area contributed by atoms with Gasteiger partial charge in [0.05, 0.1) is 6.20 Å². The van der Waals surface area contributed by atoms with E-state index in [9.17, 15) is 4.79 Å². The maximum Gasteiger partial charge on any atom is 0.415 e. The third-order valence-electron chi connectivity index (χ3n) is 5.92. The third-order valence-corrected chi connectivity index (χ3v) is 6.11. The van der Waals surface area contributed by atoms with Crippen molar-refractivity contribution in [2.45, 2.75) is 51.6 Å². The van der Waals surface area contributed by atoms with Gasteiger partial charge in [-0.25, -0.2) is 14.8 Å². The van der Waals surface area contributed by atoms with E-state index >= 15 is 0 Å². The van der Waals surface area contributed by atoms with Gasteiger partial charge in [0.15, 0.2) is 11.5 Å². The van der Waals surface area contributed by atoms with Gasteiger partial charge in [-0.2, -0.15) is 4.98 Å². The fraction of sp³-hybridized carbons (Fsp3) is 0.320. The lowest BCUT2D eigenvalue weighted by molar-refractivity contribution is 0.0469. The smallest absolute Gasteiger partial charge is 0.410 e. The molecule has 174 valence electrons. The monoisotopic (exact) mass is 476 g/mol. The predicted molar refractivity (Wildman–Crippen MR) is 130 cm³/mol. The van der Waals surface area contributed by atoms with Crippen LogP contribution in [0.3, 0.4) is 0 Å². The Labute approximate surface area is 202 Å². The van der Waals surface area contributed by atoms with Crippen LogP contribution in [0.4, 0.5) is 4.79 Å². The van der Waals surface area contributed by atoms with Crippen LogP contribution in [0.25, 0.3) is 28.4 Å². The fourth-order valence-electron chi connectivity index (χ4n) is 4.19. The molecule has 0 saturated heterocycles. The number of amides is 1. The molecule has 9 heteroatoms. The summed E-state index contributed by atoms with van der Waals surface area (Å²) in [4.78, 5) is 32.4. The number of hydrogen-bond acceptors (Lipinski definition) is 6. The zero-order valence-electron chi connectivity index (χ0n) is 19.3. The first kappa shape index (κ1) is 22.3. The summed E-state index contributed by atoms with van der Waals surface area (Å²) in [6, 6.07) is 13.1. The first-order valence-electron chi connectivity index (χ1n) is 11.3. The Balaban J connectivity index is 1.48. The topological polar surface area (TPSA) is 86.0 Å². The van der Waals surface area contributed by atoms with Crippen molar-refractivity contribution in [1.29, 1.82) is 0 Å². The average molecular weight is 477 g/mol. The lowest BCUT2D eigenvalue weighted by Gasteiger charge is -2.44. The minimum absolute atomic E-state index is 0.130. The van der Waals surface area contributed by atoms with Crippen molar-refractivity contribution < 1.29 is 9.53 Å². The second kappa shape index (κ2) is 8.68. The lowest BCUT2D eigenvalue weighted by atomic mass is 9.88. The normalized spacial score (nSPS) is 14.1. The van der Waals surface area contributed by atoms with E-state index in [1.165, 1.54) is 0 Å². The maximum atomic E-state index is 13.0. The van der Waals surface area contributed by atoms with Gasteiger partial charge >= 0.3 is 6.09 Å². The van der Waals surface area contributed by atoms with Gasteiger partial charge in [-0.15, -0.1) is 0 Å². The highest BCUT2D eigenvalue weighted by molar-refractivity contribution is 6.28. The number of hydrogen-bond donors (Lipinski definition) is 0. The molecule has 0 radical (unpaired) electrons. The van der Waals surface area contributed by atoms with E-state index in [0.717, 1.165) is 24.9 Å².